The van der Waals surface area contributed by atoms with Gasteiger partial charge in [-0.15, -0.1) is 0 Å². The van der Waals surface area contributed by atoms with Crippen molar-refractivity contribution in [3.05, 3.63) is 48.8 Å². The van der Waals surface area contributed by atoms with Crippen molar-refractivity contribution in [2.75, 3.05) is 19.5 Å². The number of nitrogens with one attached hydrogen (secondary N) is 1. The predicted octanol–water partition coefficient (Wildman–Crippen LogP) is 3.08. The smallest absolute Gasteiger partial charge is 0.226 e. The third-order valence-corrected chi connectivity index (χ3v) is 3.74. The molecule has 0 fully saturated rings. The normalized spacial score (nSPS) is 10.6. The molecule has 0 spiro atoms. The number of aromatic nitrogens is 2. The second-order valence-electron chi connectivity index (χ2n) is 5.33. The van der Waals surface area contributed by atoms with Gasteiger partial charge in [0.2, 0.25) is 5.91 Å². The highest BCUT2D eigenvalue weighted by Gasteiger charge is 2.08. The molecule has 1 amide bonds. The summed E-state index contributed by atoms with van der Waals surface area (Å²) in [6.45, 7) is 0.563. The van der Waals surface area contributed by atoms with Crippen LogP contribution in [0.25, 0.3) is 11.0 Å². The zero-order valence-corrected chi connectivity index (χ0v) is 13.7. The van der Waals surface area contributed by atoms with Crippen LogP contribution >= 0.6 is 0 Å². The van der Waals surface area contributed by atoms with Crippen molar-refractivity contribution >= 4 is 22.6 Å². The summed E-state index contributed by atoms with van der Waals surface area (Å²) in [6, 6.07) is 13.1. The Morgan fingerprint density at radius 3 is 2.54 bits per heavy atom. The van der Waals surface area contributed by atoms with E-state index in [4.69, 9.17) is 9.47 Å². The molecular formula is C18H19N3O3. The van der Waals surface area contributed by atoms with Gasteiger partial charge in [-0.25, -0.2) is 4.98 Å². The standard InChI is InChI=1S/C18H19N3O3/c1-23-14-9-13(10-15(11-14)24-2)20-18(22)7-8-21-12-19-16-5-3-4-6-17(16)21/h3-6,9-12H,7-8H2,1-2H3,(H,20,22). The highest BCUT2D eigenvalue weighted by atomic mass is 16.5. The van der Waals surface area contributed by atoms with Crippen LogP contribution in [0.5, 0.6) is 11.5 Å². The predicted molar refractivity (Wildman–Crippen MR) is 92.5 cm³/mol. The summed E-state index contributed by atoms with van der Waals surface area (Å²) in [6.07, 6.45) is 2.10. The molecule has 1 aromatic heterocycles. The zero-order valence-electron chi connectivity index (χ0n) is 13.7. The van der Waals surface area contributed by atoms with E-state index < -0.39 is 0 Å². The minimum Gasteiger partial charge on any atom is -0.497 e. The van der Waals surface area contributed by atoms with Gasteiger partial charge in [-0.3, -0.25) is 4.79 Å². The van der Waals surface area contributed by atoms with Crippen molar-refractivity contribution < 1.29 is 14.3 Å². The minimum atomic E-state index is -0.0805. The molecule has 0 aliphatic rings. The van der Waals surface area contributed by atoms with Gasteiger partial charge in [-0.2, -0.15) is 0 Å². The summed E-state index contributed by atoms with van der Waals surface area (Å²) < 4.78 is 12.4. The highest BCUT2D eigenvalue weighted by molar-refractivity contribution is 5.91. The fraction of sp³-hybridized carbons (Fsp3) is 0.222. The van der Waals surface area contributed by atoms with E-state index in [9.17, 15) is 4.79 Å². The van der Waals surface area contributed by atoms with E-state index in [0.29, 0.717) is 30.2 Å². The molecule has 0 unspecified atom stereocenters. The van der Waals surface area contributed by atoms with E-state index in [0.717, 1.165) is 11.0 Å². The number of carbonyl (C=O) groups excluding carboxylic acids is 1. The molecule has 6 nitrogen and oxygen atoms in total. The first-order chi connectivity index (χ1) is 11.7. The molecule has 0 saturated heterocycles. The van der Waals surface area contributed by atoms with Crippen molar-refractivity contribution in [3.63, 3.8) is 0 Å². The SMILES string of the molecule is COc1cc(NC(=O)CCn2cnc3ccccc32)cc(OC)c1. The zero-order chi connectivity index (χ0) is 16.9. The number of ether oxygens (including phenoxy) is 2. The number of aryl methyl sites for hydroxylation is 1. The molecule has 0 bridgehead atoms. The molecule has 1 heterocycles. The molecule has 0 radical (unpaired) electrons. The number of carbonyl (C=O) groups is 1. The molecule has 0 aliphatic heterocycles. The van der Waals surface area contributed by atoms with Crippen molar-refractivity contribution in [1.82, 2.24) is 9.55 Å². The number of hydrogen-bond donors (Lipinski definition) is 1. The molecule has 0 saturated carbocycles. The number of methoxy groups -OCH3 is 2. The molecule has 3 aromatic rings. The maximum absolute atomic E-state index is 12.2. The molecule has 124 valence electrons. The average molecular weight is 325 g/mol. The Bertz CT molecular complexity index is 835. The molecule has 6 heteroatoms. The minimum absolute atomic E-state index is 0.0805. The largest absolute Gasteiger partial charge is 0.497 e. The second-order valence-corrected chi connectivity index (χ2v) is 5.33. The Balaban J connectivity index is 1.65. The van der Waals surface area contributed by atoms with Crippen LogP contribution in [0.3, 0.4) is 0 Å². The number of anilines is 1. The lowest BCUT2D eigenvalue weighted by Crippen LogP contribution is -2.14. The molecule has 24 heavy (non-hydrogen) atoms. The van der Waals surface area contributed by atoms with Crippen LogP contribution < -0.4 is 14.8 Å². The fourth-order valence-corrected chi connectivity index (χ4v) is 2.51. The number of rotatable bonds is 6. The first kappa shape index (κ1) is 15.9. The third kappa shape index (κ3) is 3.48. The van der Waals surface area contributed by atoms with E-state index in [2.05, 4.69) is 10.3 Å². The van der Waals surface area contributed by atoms with Crippen LogP contribution in [0.15, 0.2) is 48.8 Å². The van der Waals surface area contributed by atoms with Crippen molar-refractivity contribution in [2.45, 2.75) is 13.0 Å². The van der Waals surface area contributed by atoms with Gasteiger partial charge in [0.25, 0.3) is 0 Å². The van der Waals surface area contributed by atoms with Crippen LogP contribution in [0.2, 0.25) is 0 Å². The van der Waals surface area contributed by atoms with Crippen LogP contribution in [0.4, 0.5) is 5.69 Å². The monoisotopic (exact) mass is 325 g/mol. The highest BCUT2D eigenvalue weighted by Crippen LogP contribution is 2.25. The Hall–Kier alpha value is -3.02. The molecule has 1 N–H and O–H groups in total. The average Bonchev–Trinajstić information content (AvgIpc) is 3.02. The van der Waals surface area contributed by atoms with Gasteiger partial charge in [0.05, 0.1) is 31.6 Å². The summed E-state index contributed by atoms with van der Waals surface area (Å²) in [5.41, 5.74) is 2.59. The van der Waals surface area contributed by atoms with Gasteiger partial charge < -0.3 is 19.4 Å². The van der Waals surface area contributed by atoms with E-state index in [1.807, 2.05) is 28.8 Å². The van der Waals surface area contributed by atoms with Crippen molar-refractivity contribution in [1.29, 1.82) is 0 Å². The maximum atomic E-state index is 12.2. The van der Waals surface area contributed by atoms with Gasteiger partial charge in [-0.05, 0) is 12.1 Å². The Morgan fingerprint density at radius 1 is 1.12 bits per heavy atom. The first-order valence-electron chi connectivity index (χ1n) is 7.62. The van der Waals surface area contributed by atoms with Crippen LogP contribution in [-0.4, -0.2) is 29.7 Å². The summed E-state index contributed by atoms with van der Waals surface area (Å²) >= 11 is 0. The summed E-state index contributed by atoms with van der Waals surface area (Å²) in [5.74, 6) is 1.18. The van der Waals surface area contributed by atoms with E-state index >= 15 is 0 Å². The summed E-state index contributed by atoms with van der Waals surface area (Å²) in [5, 5.41) is 2.87. The second kappa shape index (κ2) is 7.04. The molecule has 3 rings (SSSR count). The lowest BCUT2D eigenvalue weighted by atomic mass is 10.2. The summed E-state index contributed by atoms with van der Waals surface area (Å²) in [7, 11) is 3.15. The van der Waals surface area contributed by atoms with E-state index in [1.165, 1.54) is 0 Å². The maximum Gasteiger partial charge on any atom is 0.226 e. The molecule has 0 aliphatic carbocycles. The number of nitrogens with zero attached hydrogens (tertiary/aromatic N) is 2. The topological polar surface area (TPSA) is 65.4 Å². The van der Waals surface area contributed by atoms with Crippen molar-refractivity contribution in [3.8, 4) is 11.5 Å². The molecular weight excluding hydrogens is 306 g/mol. The Morgan fingerprint density at radius 2 is 1.83 bits per heavy atom. The van der Waals surface area contributed by atoms with Crippen LogP contribution in [-0.2, 0) is 11.3 Å². The first-order valence-corrected chi connectivity index (χ1v) is 7.62. The van der Waals surface area contributed by atoms with E-state index in [-0.39, 0.29) is 5.91 Å². The Kier molecular flexibility index (Phi) is 4.65. The van der Waals surface area contributed by atoms with Gasteiger partial charge >= 0.3 is 0 Å². The Labute approximate surface area is 140 Å². The van der Waals surface area contributed by atoms with Crippen LogP contribution in [0, 0.1) is 0 Å². The molecule has 0 atom stereocenters. The number of para-hydroxylation sites is 2. The number of fused-ring (bicyclic) bond motifs is 1. The van der Waals surface area contributed by atoms with Gasteiger partial charge in [0, 0.05) is 36.9 Å². The summed E-state index contributed by atoms with van der Waals surface area (Å²) in [4.78, 5) is 16.5. The number of imidazole rings is 1. The van der Waals surface area contributed by atoms with Crippen LogP contribution in [0.1, 0.15) is 6.42 Å². The van der Waals surface area contributed by atoms with E-state index in [1.54, 1.807) is 38.7 Å². The van der Waals surface area contributed by atoms with Gasteiger partial charge in [0.15, 0.2) is 0 Å². The fourth-order valence-electron chi connectivity index (χ4n) is 2.51. The van der Waals surface area contributed by atoms with Gasteiger partial charge in [-0.1, -0.05) is 12.1 Å². The van der Waals surface area contributed by atoms with Gasteiger partial charge in [0.1, 0.15) is 11.5 Å². The van der Waals surface area contributed by atoms with Crippen molar-refractivity contribution in [2.24, 2.45) is 0 Å². The lowest BCUT2D eigenvalue weighted by Gasteiger charge is -2.10. The number of amides is 1. The lowest BCUT2D eigenvalue weighted by molar-refractivity contribution is -0.116. The third-order valence-electron chi connectivity index (χ3n) is 3.74. The number of benzene rings is 2. The number of hydrogen-bond acceptors (Lipinski definition) is 4. The molecule has 2 aromatic carbocycles. The quantitative estimate of drug-likeness (QED) is 0.756.